The summed E-state index contributed by atoms with van der Waals surface area (Å²) >= 11 is 3.42. The van der Waals surface area contributed by atoms with Gasteiger partial charge in [-0.1, -0.05) is 15.9 Å². The molecular weight excluding hydrogens is 320 g/mol. The van der Waals surface area contributed by atoms with Crippen LogP contribution in [0.25, 0.3) is 0 Å². The van der Waals surface area contributed by atoms with Gasteiger partial charge in [-0.15, -0.1) is 0 Å². The Labute approximate surface area is 128 Å². The van der Waals surface area contributed by atoms with Gasteiger partial charge in [0.15, 0.2) is 6.61 Å². The first kappa shape index (κ1) is 15.3. The zero-order valence-electron chi connectivity index (χ0n) is 11.8. The lowest BCUT2D eigenvalue weighted by atomic mass is 10.1. The monoisotopic (exact) mass is 340 g/mol. The molecule has 1 heterocycles. The molecule has 1 aliphatic heterocycles. The molecule has 2 N–H and O–H groups in total. The number of ether oxygens (including phenoxy) is 1. The highest BCUT2D eigenvalue weighted by atomic mass is 79.9. The van der Waals surface area contributed by atoms with Gasteiger partial charge in [0, 0.05) is 29.2 Å². The normalized spacial score (nSPS) is 16.9. The van der Waals surface area contributed by atoms with E-state index in [1.165, 1.54) is 6.42 Å². The zero-order valence-corrected chi connectivity index (χ0v) is 13.4. The third kappa shape index (κ3) is 3.96. The van der Waals surface area contributed by atoms with Crippen LogP contribution in [0.3, 0.4) is 0 Å². The molecule has 0 spiro atoms. The van der Waals surface area contributed by atoms with Crippen LogP contribution in [0.5, 0.6) is 5.75 Å². The standard InChI is InChI=1S/C15H21BrN2O2/c1-11(17)13-9-12(16)5-6-14(13)20-10-15(19)18-7-3-2-4-8-18/h5-6,9,11H,2-4,7-8,10,17H2,1H3/t11-/m0/s1. The Kier molecular flexibility index (Phi) is 5.43. The van der Waals surface area contributed by atoms with Gasteiger partial charge in [-0.25, -0.2) is 0 Å². The summed E-state index contributed by atoms with van der Waals surface area (Å²) in [6.07, 6.45) is 3.40. The molecule has 0 saturated carbocycles. The number of nitrogens with zero attached hydrogens (tertiary/aromatic N) is 1. The van der Waals surface area contributed by atoms with Gasteiger partial charge in [-0.05, 0) is 44.4 Å². The van der Waals surface area contributed by atoms with Crippen molar-refractivity contribution in [3.05, 3.63) is 28.2 Å². The summed E-state index contributed by atoms with van der Waals surface area (Å²) < 4.78 is 6.63. The summed E-state index contributed by atoms with van der Waals surface area (Å²) in [5, 5.41) is 0. The van der Waals surface area contributed by atoms with Crippen LogP contribution in [0, 0.1) is 0 Å². The maximum Gasteiger partial charge on any atom is 0.260 e. The first-order valence-corrected chi connectivity index (χ1v) is 7.83. The second-order valence-electron chi connectivity index (χ2n) is 5.20. The molecule has 0 bridgehead atoms. The van der Waals surface area contributed by atoms with Crippen LogP contribution in [0.1, 0.15) is 37.8 Å². The van der Waals surface area contributed by atoms with E-state index in [0.717, 1.165) is 36.0 Å². The number of carbonyl (C=O) groups is 1. The molecular formula is C15H21BrN2O2. The van der Waals surface area contributed by atoms with Gasteiger partial charge in [0.1, 0.15) is 5.75 Å². The molecule has 1 aliphatic rings. The number of hydrogen-bond donors (Lipinski definition) is 1. The minimum atomic E-state index is -0.132. The molecule has 110 valence electrons. The molecule has 0 aliphatic carbocycles. The Bertz CT molecular complexity index is 471. The van der Waals surface area contributed by atoms with Crippen LogP contribution in [-0.2, 0) is 4.79 Å². The van der Waals surface area contributed by atoms with E-state index in [1.54, 1.807) is 0 Å². The summed E-state index contributed by atoms with van der Waals surface area (Å²) in [6, 6.07) is 5.55. The Balaban J connectivity index is 1.98. The Morgan fingerprint density at radius 2 is 2.10 bits per heavy atom. The van der Waals surface area contributed by atoms with E-state index >= 15 is 0 Å². The number of amides is 1. The van der Waals surface area contributed by atoms with E-state index in [9.17, 15) is 4.79 Å². The fourth-order valence-electron chi connectivity index (χ4n) is 2.38. The minimum absolute atomic E-state index is 0.0586. The molecule has 5 heteroatoms. The molecule has 1 saturated heterocycles. The van der Waals surface area contributed by atoms with Crippen molar-refractivity contribution in [3.63, 3.8) is 0 Å². The van der Waals surface area contributed by atoms with Gasteiger partial charge >= 0.3 is 0 Å². The van der Waals surface area contributed by atoms with Crippen LogP contribution in [0.2, 0.25) is 0 Å². The topological polar surface area (TPSA) is 55.6 Å². The number of halogens is 1. The highest BCUT2D eigenvalue weighted by Crippen LogP contribution is 2.27. The molecule has 1 amide bonds. The van der Waals surface area contributed by atoms with Gasteiger partial charge < -0.3 is 15.4 Å². The molecule has 1 aromatic carbocycles. The minimum Gasteiger partial charge on any atom is -0.483 e. The predicted octanol–water partition coefficient (Wildman–Crippen LogP) is 2.86. The Morgan fingerprint density at radius 3 is 2.75 bits per heavy atom. The number of nitrogens with two attached hydrogens (primary N) is 1. The van der Waals surface area contributed by atoms with Crippen molar-refractivity contribution in [2.24, 2.45) is 5.73 Å². The third-order valence-electron chi connectivity index (χ3n) is 3.52. The van der Waals surface area contributed by atoms with Crippen LogP contribution in [0.15, 0.2) is 22.7 Å². The van der Waals surface area contributed by atoms with E-state index < -0.39 is 0 Å². The molecule has 0 aromatic heterocycles. The lowest BCUT2D eigenvalue weighted by molar-refractivity contribution is -0.134. The van der Waals surface area contributed by atoms with Crippen molar-refractivity contribution in [1.29, 1.82) is 0 Å². The van der Waals surface area contributed by atoms with Crippen LogP contribution >= 0.6 is 15.9 Å². The smallest absolute Gasteiger partial charge is 0.260 e. The number of hydrogen-bond acceptors (Lipinski definition) is 3. The number of likely N-dealkylation sites (tertiary alicyclic amines) is 1. The maximum atomic E-state index is 12.1. The van der Waals surface area contributed by atoms with Gasteiger partial charge in [-0.2, -0.15) is 0 Å². The van der Waals surface area contributed by atoms with Crippen molar-refractivity contribution in [1.82, 2.24) is 4.90 Å². The van der Waals surface area contributed by atoms with Crippen LogP contribution < -0.4 is 10.5 Å². The van der Waals surface area contributed by atoms with Crippen molar-refractivity contribution in [2.45, 2.75) is 32.2 Å². The van der Waals surface area contributed by atoms with Crippen LogP contribution in [0.4, 0.5) is 0 Å². The first-order chi connectivity index (χ1) is 9.58. The molecule has 0 unspecified atom stereocenters. The summed E-state index contributed by atoms with van der Waals surface area (Å²) in [4.78, 5) is 14.0. The van der Waals surface area contributed by atoms with Gasteiger partial charge in [0.05, 0.1) is 0 Å². The predicted molar refractivity (Wildman–Crippen MR) is 82.7 cm³/mol. The fourth-order valence-corrected chi connectivity index (χ4v) is 2.76. The lowest BCUT2D eigenvalue weighted by Gasteiger charge is -2.26. The molecule has 4 nitrogen and oxygen atoms in total. The average molecular weight is 341 g/mol. The third-order valence-corrected chi connectivity index (χ3v) is 4.02. The van der Waals surface area contributed by atoms with E-state index in [2.05, 4.69) is 15.9 Å². The summed E-state index contributed by atoms with van der Waals surface area (Å²) in [5.74, 6) is 0.747. The van der Waals surface area contributed by atoms with Gasteiger partial charge in [-0.3, -0.25) is 4.79 Å². The van der Waals surface area contributed by atoms with E-state index in [0.29, 0.717) is 5.75 Å². The second-order valence-corrected chi connectivity index (χ2v) is 6.12. The molecule has 0 radical (unpaired) electrons. The Morgan fingerprint density at radius 1 is 1.40 bits per heavy atom. The van der Waals surface area contributed by atoms with Crippen molar-refractivity contribution in [3.8, 4) is 5.75 Å². The van der Waals surface area contributed by atoms with Crippen molar-refractivity contribution >= 4 is 21.8 Å². The molecule has 1 atom stereocenters. The highest BCUT2D eigenvalue weighted by Gasteiger charge is 2.17. The Hall–Kier alpha value is -1.07. The largest absolute Gasteiger partial charge is 0.483 e. The molecule has 20 heavy (non-hydrogen) atoms. The van der Waals surface area contributed by atoms with E-state index in [4.69, 9.17) is 10.5 Å². The highest BCUT2D eigenvalue weighted by molar-refractivity contribution is 9.10. The van der Waals surface area contributed by atoms with Crippen LogP contribution in [-0.4, -0.2) is 30.5 Å². The molecule has 1 aromatic rings. The second kappa shape index (κ2) is 7.09. The SMILES string of the molecule is C[C@H](N)c1cc(Br)ccc1OCC(=O)N1CCCCC1. The lowest BCUT2D eigenvalue weighted by Crippen LogP contribution is -2.38. The first-order valence-electron chi connectivity index (χ1n) is 7.03. The van der Waals surface area contributed by atoms with E-state index in [-0.39, 0.29) is 18.6 Å². The average Bonchev–Trinajstić information content (AvgIpc) is 2.46. The number of piperidine rings is 1. The number of benzene rings is 1. The maximum absolute atomic E-state index is 12.1. The quantitative estimate of drug-likeness (QED) is 0.916. The van der Waals surface area contributed by atoms with Crippen molar-refractivity contribution in [2.75, 3.05) is 19.7 Å². The molecule has 2 rings (SSSR count). The van der Waals surface area contributed by atoms with Gasteiger partial charge in [0.2, 0.25) is 0 Å². The fraction of sp³-hybridized carbons (Fsp3) is 0.533. The summed E-state index contributed by atoms with van der Waals surface area (Å²) in [5.41, 5.74) is 6.84. The van der Waals surface area contributed by atoms with E-state index in [1.807, 2.05) is 30.0 Å². The number of rotatable bonds is 4. The zero-order chi connectivity index (χ0) is 14.5. The molecule has 1 fully saturated rings. The summed E-state index contributed by atoms with van der Waals surface area (Å²) in [7, 11) is 0. The number of carbonyl (C=O) groups excluding carboxylic acids is 1. The van der Waals surface area contributed by atoms with Gasteiger partial charge in [0.25, 0.3) is 5.91 Å². The van der Waals surface area contributed by atoms with Crippen molar-refractivity contribution < 1.29 is 9.53 Å². The summed E-state index contributed by atoms with van der Waals surface area (Å²) in [6.45, 7) is 3.69.